The fourth-order valence-corrected chi connectivity index (χ4v) is 3.11. The van der Waals surface area contributed by atoms with E-state index in [2.05, 4.69) is 27.4 Å². The number of benzene rings is 1. The van der Waals surface area contributed by atoms with Crippen LogP contribution in [0.25, 0.3) is 0 Å². The van der Waals surface area contributed by atoms with Gasteiger partial charge in [-0.05, 0) is 76.0 Å². The van der Waals surface area contributed by atoms with Crippen LogP contribution in [0.4, 0.5) is 4.39 Å². The second-order valence-electron chi connectivity index (χ2n) is 7.44. The summed E-state index contributed by atoms with van der Waals surface area (Å²) in [6.45, 7) is 9.82. The molecule has 1 aromatic rings. The minimum absolute atomic E-state index is 0. The number of aliphatic hydroxyl groups excluding tert-OH is 1. The Bertz CT molecular complexity index is 581. The van der Waals surface area contributed by atoms with Gasteiger partial charge in [-0.1, -0.05) is 6.92 Å². The highest BCUT2D eigenvalue weighted by atomic mass is 127. The van der Waals surface area contributed by atoms with Gasteiger partial charge in [-0.25, -0.2) is 4.39 Å². The van der Waals surface area contributed by atoms with E-state index in [0.29, 0.717) is 11.7 Å². The van der Waals surface area contributed by atoms with Gasteiger partial charge in [-0.15, -0.1) is 24.0 Å². The first-order valence-corrected chi connectivity index (χ1v) is 10.4. The number of aliphatic imine (C=N–C) groups is 1. The maximum Gasteiger partial charge on any atom is 0.191 e. The van der Waals surface area contributed by atoms with Crippen LogP contribution < -0.4 is 15.4 Å². The van der Waals surface area contributed by atoms with E-state index in [4.69, 9.17) is 4.74 Å². The van der Waals surface area contributed by atoms with Gasteiger partial charge in [0.05, 0.1) is 6.54 Å². The Morgan fingerprint density at radius 1 is 1.28 bits per heavy atom. The van der Waals surface area contributed by atoms with Crippen molar-refractivity contribution in [2.75, 3.05) is 45.9 Å². The average molecular weight is 522 g/mol. The van der Waals surface area contributed by atoms with Crippen LogP contribution in [0.5, 0.6) is 5.75 Å². The van der Waals surface area contributed by atoms with Gasteiger partial charge in [0.2, 0.25) is 0 Å². The number of hydrogen-bond donors (Lipinski definition) is 3. The van der Waals surface area contributed by atoms with Crippen molar-refractivity contribution in [2.24, 2.45) is 10.9 Å². The molecule has 0 bridgehead atoms. The van der Waals surface area contributed by atoms with Crippen molar-refractivity contribution in [1.29, 1.82) is 0 Å². The first kappa shape index (κ1) is 25.9. The van der Waals surface area contributed by atoms with Crippen molar-refractivity contribution >= 4 is 29.9 Å². The predicted octanol–water partition coefficient (Wildman–Crippen LogP) is 2.86. The Labute approximate surface area is 191 Å². The van der Waals surface area contributed by atoms with Crippen molar-refractivity contribution in [3.63, 3.8) is 0 Å². The molecule has 2 rings (SSSR count). The molecule has 166 valence electrons. The summed E-state index contributed by atoms with van der Waals surface area (Å²) in [5, 5.41) is 16.6. The molecule has 0 aliphatic carbocycles. The van der Waals surface area contributed by atoms with Gasteiger partial charge in [-0.3, -0.25) is 4.99 Å². The molecule has 0 saturated carbocycles. The van der Waals surface area contributed by atoms with Crippen LogP contribution in [0.3, 0.4) is 0 Å². The zero-order valence-electron chi connectivity index (χ0n) is 17.6. The molecule has 0 spiro atoms. The molecule has 6 nitrogen and oxygen atoms in total. The standard InChI is InChI=1S/C21H35FN4O2.HI/c1-3-23-21(24-11-4-12-26-13-9-17(2)10-14-26)25-15-19(27)16-28-20-7-5-18(22)6-8-20;/h5-8,17,19,27H,3-4,9-16H2,1-2H3,(H2,23,24,25);1H. The smallest absolute Gasteiger partial charge is 0.191 e. The SMILES string of the molecule is CCNC(=NCC(O)COc1ccc(F)cc1)NCCCN1CCC(C)CC1.I. The van der Waals surface area contributed by atoms with Gasteiger partial charge in [0.25, 0.3) is 0 Å². The highest BCUT2D eigenvalue weighted by Gasteiger charge is 2.14. The Hall–Kier alpha value is -1.13. The largest absolute Gasteiger partial charge is 0.491 e. The highest BCUT2D eigenvalue weighted by Crippen LogP contribution is 2.15. The fraction of sp³-hybridized carbons (Fsp3) is 0.667. The maximum absolute atomic E-state index is 12.9. The second kappa shape index (κ2) is 14.8. The summed E-state index contributed by atoms with van der Waals surface area (Å²) in [4.78, 5) is 6.95. The van der Waals surface area contributed by atoms with Crippen LogP contribution in [-0.2, 0) is 0 Å². The Morgan fingerprint density at radius 2 is 1.97 bits per heavy atom. The molecule has 0 amide bonds. The Morgan fingerprint density at radius 3 is 2.62 bits per heavy atom. The van der Waals surface area contributed by atoms with E-state index in [0.717, 1.165) is 32.0 Å². The normalized spacial score (nSPS) is 16.8. The van der Waals surface area contributed by atoms with E-state index in [1.165, 1.54) is 38.1 Å². The number of hydrogen-bond acceptors (Lipinski definition) is 4. The molecule has 3 N–H and O–H groups in total. The molecular formula is C21H36FIN4O2. The second-order valence-corrected chi connectivity index (χ2v) is 7.44. The van der Waals surface area contributed by atoms with Crippen LogP contribution in [-0.4, -0.2) is 67.9 Å². The third kappa shape index (κ3) is 11.0. The summed E-state index contributed by atoms with van der Waals surface area (Å²) < 4.78 is 18.3. The number of piperidine rings is 1. The third-order valence-electron chi connectivity index (χ3n) is 4.88. The lowest BCUT2D eigenvalue weighted by Crippen LogP contribution is -2.40. The number of guanidine groups is 1. The minimum atomic E-state index is -0.726. The molecular weight excluding hydrogens is 486 g/mol. The third-order valence-corrected chi connectivity index (χ3v) is 4.88. The number of aliphatic hydroxyl groups is 1. The summed E-state index contributed by atoms with van der Waals surface area (Å²) in [6.07, 6.45) is 2.94. The molecule has 0 radical (unpaired) electrons. The van der Waals surface area contributed by atoms with E-state index >= 15 is 0 Å². The number of ether oxygens (including phenoxy) is 1. The van der Waals surface area contributed by atoms with Crippen molar-refractivity contribution in [2.45, 2.75) is 39.2 Å². The monoisotopic (exact) mass is 522 g/mol. The fourth-order valence-electron chi connectivity index (χ4n) is 3.11. The van der Waals surface area contributed by atoms with E-state index < -0.39 is 6.10 Å². The number of rotatable bonds is 10. The molecule has 1 atom stereocenters. The molecule has 29 heavy (non-hydrogen) atoms. The number of nitrogens with zero attached hydrogens (tertiary/aromatic N) is 2. The summed E-state index contributed by atoms with van der Waals surface area (Å²) >= 11 is 0. The molecule has 1 aliphatic rings. The minimum Gasteiger partial charge on any atom is -0.491 e. The first-order valence-electron chi connectivity index (χ1n) is 10.4. The lowest BCUT2D eigenvalue weighted by molar-refractivity contribution is 0.114. The van der Waals surface area contributed by atoms with E-state index in [-0.39, 0.29) is 42.9 Å². The molecule has 8 heteroatoms. The lowest BCUT2D eigenvalue weighted by atomic mass is 9.99. The van der Waals surface area contributed by atoms with Gasteiger partial charge in [0, 0.05) is 13.1 Å². The van der Waals surface area contributed by atoms with Gasteiger partial charge in [0.15, 0.2) is 5.96 Å². The number of halogens is 2. The number of nitrogens with one attached hydrogen (secondary N) is 2. The number of likely N-dealkylation sites (tertiary alicyclic amines) is 1. The van der Waals surface area contributed by atoms with Crippen molar-refractivity contribution in [1.82, 2.24) is 15.5 Å². The van der Waals surface area contributed by atoms with Gasteiger partial charge < -0.3 is 25.4 Å². The lowest BCUT2D eigenvalue weighted by Gasteiger charge is -2.30. The Balaban J connectivity index is 0.00000420. The van der Waals surface area contributed by atoms with E-state index in [9.17, 15) is 9.50 Å². The van der Waals surface area contributed by atoms with Crippen LogP contribution in [0, 0.1) is 11.7 Å². The van der Waals surface area contributed by atoms with Crippen LogP contribution in [0.2, 0.25) is 0 Å². The van der Waals surface area contributed by atoms with E-state index in [1.807, 2.05) is 6.92 Å². The Kier molecular flexibility index (Phi) is 13.2. The highest BCUT2D eigenvalue weighted by molar-refractivity contribution is 14.0. The van der Waals surface area contributed by atoms with Gasteiger partial charge >= 0.3 is 0 Å². The van der Waals surface area contributed by atoms with Crippen molar-refractivity contribution < 1.29 is 14.2 Å². The summed E-state index contributed by atoms with van der Waals surface area (Å²) in [6, 6.07) is 5.74. The zero-order chi connectivity index (χ0) is 20.2. The van der Waals surface area contributed by atoms with Crippen molar-refractivity contribution in [3.8, 4) is 5.75 Å². The summed E-state index contributed by atoms with van der Waals surface area (Å²) in [5.41, 5.74) is 0. The molecule has 1 aromatic carbocycles. The van der Waals surface area contributed by atoms with Crippen LogP contribution in [0.1, 0.15) is 33.1 Å². The van der Waals surface area contributed by atoms with Crippen molar-refractivity contribution in [3.05, 3.63) is 30.1 Å². The van der Waals surface area contributed by atoms with Crippen LogP contribution >= 0.6 is 24.0 Å². The average Bonchev–Trinajstić information content (AvgIpc) is 2.70. The molecule has 0 aromatic heterocycles. The quantitative estimate of drug-likeness (QED) is 0.191. The summed E-state index contributed by atoms with van der Waals surface area (Å²) in [7, 11) is 0. The molecule has 1 saturated heterocycles. The van der Waals surface area contributed by atoms with Crippen LogP contribution in [0.15, 0.2) is 29.3 Å². The topological polar surface area (TPSA) is 69.1 Å². The molecule has 1 aliphatic heterocycles. The van der Waals surface area contributed by atoms with E-state index in [1.54, 1.807) is 12.1 Å². The first-order chi connectivity index (χ1) is 13.6. The zero-order valence-corrected chi connectivity index (χ0v) is 19.9. The van der Waals surface area contributed by atoms with Gasteiger partial charge in [-0.2, -0.15) is 0 Å². The molecule has 1 unspecified atom stereocenters. The molecule has 1 fully saturated rings. The summed E-state index contributed by atoms with van der Waals surface area (Å²) in [5.74, 6) is 1.78. The maximum atomic E-state index is 12.9. The molecule has 1 heterocycles. The van der Waals surface area contributed by atoms with Gasteiger partial charge in [0.1, 0.15) is 24.3 Å². The predicted molar refractivity (Wildman–Crippen MR) is 127 cm³/mol.